The molecule has 0 aliphatic carbocycles. The number of rotatable bonds is 5. The molecule has 3 N–H and O–H groups in total. The van der Waals surface area contributed by atoms with E-state index in [9.17, 15) is 13.2 Å². The number of halogens is 1. The van der Waals surface area contributed by atoms with Crippen LogP contribution in [0.25, 0.3) is 0 Å². The molecular weight excluding hydrogens is 378 g/mol. The Bertz CT molecular complexity index is 711. The van der Waals surface area contributed by atoms with Crippen LogP contribution in [0.1, 0.15) is 37.1 Å². The highest BCUT2D eigenvalue weighted by Gasteiger charge is 2.35. The zero-order valence-corrected chi connectivity index (χ0v) is 16.9. The van der Waals surface area contributed by atoms with Crippen LogP contribution >= 0.6 is 12.4 Å². The molecule has 1 aromatic heterocycles. The van der Waals surface area contributed by atoms with Gasteiger partial charge < -0.3 is 10.6 Å². The van der Waals surface area contributed by atoms with E-state index in [-0.39, 0.29) is 35.7 Å². The maximum Gasteiger partial charge on any atom is 0.246 e. The van der Waals surface area contributed by atoms with E-state index in [0.29, 0.717) is 36.9 Å². The second-order valence-electron chi connectivity index (χ2n) is 7.00. The molecule has 0 bridgehead atoms. The molecule has 2 aliphatic heterocycles. The van der Waals surface area contributed by atoms with E-state index in [1.54, 1.807) is 13.8 Å². The number of hydrogen-bond acceptors (Lipinski definition) is 5. The molecule has 8 nitrogen and oxygen atoms in total. The van der Waals surface area contributed by atoms with Gasteiger partial charge in [0.15, 0.2) is 0 Å². The molecular formula is C16H28ClN5O3S. The number of sulfonamides is 1. The van der Waals surface area contributed by atoms with Crippen LogP contribution in [0.15, 0.2) is 4.90 Å². The minimum Gasteiger partial charge on any atom is -0.354 e. The lowest BCUT2D eigenvalue weighted by Gasteiger charge is -2.31. The molecule has 2 atom stereocenters. The van der Waals surface area contributed by atoms with Crippen LogP contribution in [0, 0.1) is 19.8 Å². The number of aryl methyl sites for hydroxylation is 2. The predicted molar refractivity (Wildman–Crippen MR) is 101 cm³/mol. The SMILES string of the molecule is Cc1n[nH]c(C)c1S(=O)(=O)N1CCCC(C(=O)NCC2CCCN2)C1.Cl. The Balaban J connectivity index is 0.00000243. The molecule has 0 radical (unpaired) electrons. The maximum atomic E-state index is 12.9. The monoisotopic (exact) mass is 405 g/mol. The van der Waals surface area contributed by atoms with E-state index in [1.807, 2.05) is 0 Å². The molecule has 2 saturated heterocycles. The van der Waals surface area contributed by atoms with Gasteiger partial charge in [-0.05, 0) is 46.1 Å². The Morgan fingerprint density at radius 1 is 1.31 bits per heavy atom. The van der Waals surface area contributed by atoms with Gasteiger partial charge in [-0.15, -0.1) is 12.4 Å². The third kappa shape index (κ3) is 4.39. The fourth-order valence-electron chi connectivity index (χ4n) is 3.72. The Kier molecular flexibility index (Phi) is 7.06. The van der Waals surface area contributed by atoms with E-state index >= 15 is 0 Å². The number of aromatic amines is 1. The van der Waals surface area contributed by atoms with Gasteiger partial charge in [-0.2, -0.15) is 9.40 Å². The van der Waals surface area contributed by atoms with Crippen molar-refractivity contribution in [2.24, 2.45) is 5.92 Å². The summed E-state index contributed by atoms with van der Waals surface area (Å²) in [5.74, 6) is -0.341. The van der Waals surface area contributed by atoms with Gasteiger partial charge in [0.1, 0.15) is 4.90 Å². The number of amides is 1. The summed E-state index contributed by atoms with van der Waals surface area (Å²) in [7, 11) is -3.63. The normalized spacial score (nSPS) is 24.2. The summed E-state index contributed by atoms with van der Waals surface area (Å²) in [4.78, 5) is 12.7. The van der Waals surface area contributed by atoms with Crippen LogP contribution in [0.5, 0.6) is 0 Å². The van der Waals surface area contributed by atoms with Gasteiger partial charge in [0.25, 0.3) is 0 Å². The van der Waals surface area contributed by atoms with Crippen molar-refractivity contribution in [3.63, 3.8) is 0 Å². The maximum absolute atomic E-state index is 12.9. The smallest absolute Gasteiger partial charge is 0.246 e. The third-order valence-corrected chi connectivity index (χ3v) is 7.23. The molecule has 3 heterocycles. The Morgan fingerprint density at radius 2 is 2.08 bits per heavy atom. The third-order valence-electron chi connectivity index (χ3n) is 5.10. The highest BCUT2D eigenvalue weighted by atomic mass is 35.5. The predicted octanol–water partition coefficient (Wildman–Crippen LogP) is 0.717. The summed E-state index contributed by atoms with van der Waals surface area (Å²) in [6.07, 6.45) is 3.62. The van der Waals surface area contributed by atoms with Crippen molar-refractivity contribution >= 4 is 28.3 Å². The molecule has 0 spiro atoms. The molecule has 0 aromatic carbocycles. The van der Waals surface area contributed by atoms with Crippen molar-refractivity contribution in [2.75, 3.05) is 26.2 Å². The number of nitrogens with zero attached hydrogens (tertiary/aromatic N) is 2. The van der Waals surface area contributed by atoms with Crippen LogP contribution in [-0.2, 0) is 14.8 Å². The summed E-state index contributed by atoms with van der Waals surface area (Å²) < 4.78 is 27.3. The molecule has 2 fully saturated rings. The van der Waals surface area contributed by atoms with Gasteiger partial charge in [-0.1, -0.05) is 0 Å². The highest BCUT2D eigenvalue weighted by Crippen LogP contribution is 2.26. The van der Waals surface area contributed by atoms with Crippen molar-refractivity contribution in [3.8, 4) is 0 Å². The minimum atomic E-state index is -3.63. The molecule has 2 aliphatic rings. The molecule has 1 amide bonds. The molecule has 2 unspecified atom stereocenters. The van der Waals surface area contributed by atoms with Crippen LogP contribution < -0.4 is 10.6 Å². The minimum absolute atomic E-state index is 0. The average molecular weight is 406 g/mol. The zero-order valence-electron chi connectivity index (χ0n) is 15.2. The summed E-state index contributed by atoms with van der Waals surface area (Å²) in [5.41, 5.74) is 1.01. The number of carbonyl (C=O) groups excluding carboxylic acids is 1. The first-order chi connectivity index (χ1) is 11.9. The van der Waals surface area contributed by atoms with Gasteiger partial charge in [-0.3, -0.25) is 9.89 Å². The largest absolute Gasteiger partial charge is 0.354 e. The number of hydrogen-bond donors (Lipinski definition) is 3. The average Bonchev–Trinajstić information content (AvgIpc) is 3.22. The van der Waals surface area contributed by atoms with E-state index < -0.39 is 10.0 Å². The molecule has 1 aromatic rings. The van der Waals surface area contributed by atoms with Crippen molar-refractivity contribution in [1.29, 1.82) is 0 Å². The van der Waals surface area contributed by atoms with Gasteiger partial charge in [0.2, 0.25) is 15.9 Å². The van der Waals surface area contributed by atoms with E-state index in [4.69, 9.17) is 0 Å². The van der Waals surface area contributed by atoms with Crippen molar-refractivity contribution in [1.82, 2.24) is 25.1 Å². The lowest BCUT2D eigenvalue weighted by atomic mass is 9.98. The Hall–Kier alpha value is -1.16. The molecule has 10 heteroatoms. The quantitative estimate of drug-likeness (QED) is 0.669. The Morgan fingerprint density at radius 3 is 2.69 bits per heavy atom. The number of aromatic nitrogens is 2. The summed E-state index contributed by atoms with van der Waals surface area (Å²) >= 11 is 0. The van der Waals surface area contributed by atoms with Gasteiger partial charge in [-0.25, -0.2) is 8.42 Å². The van der Waals surface area contributed by atoms with Gasteiger partial charge in [0, 0.05) is 25.7 Å². The van der Waals surface area contributed by atoms with E-state index in [0.717, 1.165) is 25.8 Å². The second kappa shape index (κ2) is 8.69. The lowest BCUT2D eigenvalue weighted by Crippen LogP contribution is -2.47. The van der Waals surface area contributed by atoms with Crippen LogP contribution in [-0.4, -0.2) is 61.0 Å². The highest BCUT2D eigenvalue weighted by molar-refractivity contribution is 7.89. The number of carbonyl (C=O) groups is 1. The number of piperidine rings is 1. The summed E-state index contributed by atoms with van der Waals surface area (Å²) in [5, 5.41) is 13.0. The summed E-state index contributed by atoms with van der Waals surface area (Å²) in [6.45, 7) is 5.67. The van der Waals surface area contributed by atoms with Gasteiger partial charge >= 0.3 is 0 Å². The van der Waals surface area contributed by atoms with Crippen molar-refractivity contribution in [3.05, 3.63) is 11.4 Å². The van der Waals surface area contributed by atoms with Gasteiger partial charge in [0.05, 0.1) is 17.3 Å². The van der Waals surface area contributed by atoms with E-state index in [1.165, 1.54) is 4.31 Å². The first-order valence-electron chi connectivity index (χ1n) is 8.92. The van der Waals surface area contributed by atoms with Crippen LogP contribution in [0.3, 0.4) is 0 Å². The molecule has 3 rings (SSSR count). The van der Waals surface area contributed by atoms with Crippen LogP contribution in [0.4, 0.5) is 0 Å². The molecule has 0 saturated carbocycles. The molecule has 26 heavy (non-hydrogen) atoms. The topological polar surface area (TPSA) is 107 Å². The van der Waals surface area contributed by atoms with Crippen LogP contribution in [0.2, 0.25) is 0 Å². The first kappa shape index (κ1) is 21.1. The second-order valence-corrected chi connectivity index (χ2v) is 8.88. The standard InChI is InChI=1S/C16H27N5O3S.ClH/c1-11-15(12(2)20-19-11)25(23,24)21-8-4-5-13(10-21)16(22)18-9-14-6-3-7-17-14;/h13-14,17H,3-10H2,1-2H3,(H,18,22)(H,19,20);1H. The van der Waals surface area contributed by atoms with Crippen molar-refractivity contribution in [2.45, 2.75) is 50.5 Å². The number of nitrogens with one attached hydrogen (secondary N) is 3. The Labute approximate surface area is 160 Å². The number of H-pyrrole nitrogens is 1. The fourth-order valence-corrected chi connectivity index (χ4v) is 5.58. The first-order valence-corrected chi connectivity index (χ1v) is 10.4. The molecule has 148 valence electrons. The van der Waals surface area contributed by atoms with Crippen molar-refractivity contribution < 1.29 is 13.2 Å². The summed E-state index contributed by atoms with van der Waals surface area (Å²) in [6, 6.07) is 0.337. The fraction of sp³-hybridized carbons (Fsp3) is 0.750. The lowest BCUT2D eigenvalue weighted by molar-refractivity contribution is -0.126. The zero-order chi connectivity index (χ0) is 18.0. The van der Waals surface area contributed by atoms with E-state index in [2.05, 4.69) is 20.8 Å².